The van der Waals surface area contributed by atoms with Crippen molar-refractivity contribution in [2.75, 3.05) is 6.61 Å². The molecule has 0 unspecified atom stereocenters. The van der Waals surface area contributed by atoms with Gasteiger partial charge in [-0.25, -0.2) is 14.2 Å². The number of nitrogens with zero attached hydrogens (tertiary/aromatic N) is 1. The normalized spacial score (nSPS) is 14.0. The van der Waals surface area contributed by atoms with Gasteiger partial charge in [-0.1, -0.05) is 0 Å². The van der Waals surface area contributed by atoms with E-state index < -0.39 is 17.7 Å². The Kier molecular flexibility index (Phi) is 4.65. The Balaban J connectivity index is 2.49. The van der Waals surface area contributed by atoms with Crippen LogP contribution in [0.3, 0.4) is 0 Å². The third-order valence-corrected chi connectivity index (χ3v) is 4.35. The van der Waals surface area contributed by atoms with E-state index in [0.29, 0.717) is 5.69 Å². The van der Waals surface area contributed by atoms with Crippen LogP contribution in [-0.4, -0.2) is 28.8 Å². The number of fused-ring (bicyclic) bond motifs is 1. The first kappa shape index (κ1) is 16.3. The number of hydrogen-bond acceptors (Lipinski definition) is 4. The van der Waals surface area contributed by atoms with Gasteiger partial charge in [0.1, 0.15) is 11.3 Å². The molecule has 5 nitrogen and oxygen atoms in total. The molecule has 1 aromatic heterocycles. The Hall–Kier alpha value is -1.05. The number of halogens is 1. The van der Waals surface area contributed by atoms with E-state index in [2.05, 4.69) is 22.6 Å². The van der Waals surface area contributed by atoms with E-state index in [1.807, 2.05) is 0 Å². The molecule has 0 spiro atoms. The van der Waals surface area contributed by atoms with E-state index in [0.717, 1.165) is 34.1 Å². The molecule has 0 bridgehead atoms. The minimum Gasteiger partial charge on any atom is -0.461 e. The van der Waals surface area contributed by atoms with Gasteiger partial charge >= 0.3 is 12.1 Å². The van der Waals surface area contributed by atoms with Gasteiger partial charge in [-0.05, 0) is 80.7 Å². The predicted octanol–water partition coefficient (Wildman–Crippen LogP) is 3.54. The molecule has 0 radical (unpaired) electrons. The third-order valence-electron chi connectivity index (χ3n) is 3.22. The summed E-state index contributed by atoms with van der Waals surface area (Å²) in [5.41, 5.74) is 1.73. The van der Waals surface area contributed by atoms with Crippen LogP contribution in [0.2, 0.25) is 0 Å². The van der Waals surface area contributed by atoms with Gasteiger partial charge in [0, 0.05) is 0 Å². The van der Waals surface area contributed by atoms with Gasteiger partial charge in [-0.15, -0.1) is 0 Å². The summed E-state index contributed by atoms with van der Waals surface area (Å²) in [5, 5.41) is 0. The Morgan fingerprint density at radius 2 is 1.86 bits per heavy atom. The lowest BCUT2D eigenvalue weighted by molar-refractivity contribution is 0.0445. The van der Waals surface area contributed by atoms with Gasteiger partial charge in [0.05, 0.1) is 10.3 Å². The van der Waals surface area contributed by atoms with E-state index in [1.165, 1.54) is 4.57 Å². The highest BCUT2D eigenvalue weighted by molar-refractivity contribution is 14.1. The van der Waals surface area contributed by atoms with Crippen molar-refractivity contribution in [3.8, 4) is 0 Å². The van der Waals surface area contributed by atoms with E-state index >= 15 is 0 Å². The number of rotatable bonds is 2. The maximum absolute atomic E-state index is 12.4. The van der Waals surface area contributed by atoms with Crippen molar-refractivity contribution in [3.63, 3.8) is 0 Å². The number of aromatic nitrogens is 1. The molecule has 0 aliphatic heterocycles. The van der Waals surface area contributed by atoms with Crippen molar-refractivity contribution in [1.82, 2.24) is 4.57 Å². The lowest BCUT2D eigenvalue weighted by atomic mass is 10.2. The fourth-order valence-electron chi connectivity index (χ4n) is 2.49. The number of ether oxygens (including phenoxy) is 2. The molecule has 1 aromatic rings. The molecule has 0 fully saturated rings. The highest BCUT2D eigenvalue weighted by Crippen LogP contribution is 2.33. The first-order valence-electron chi connectivity index (χ1n) is 7.08. The summed E-state index contributed by atoms with van der Waals surface area (Å²) in [6, 6.07) is 0. The molecule has 2 rings (SSSR count). The second kappa shape index (κ2) is 5.98. The van der Waals surface area contributed by atoms with Crippen LogP contribution in [0.5, 0.6) is 0 Å². The Labute approximate surface area is 138 Å². The van der Waals surface area contributed by atoms with E-state index in [4.69, 9.17) is 9.47 Å². The second-order valence-electron chi connectivity index (χ2n) is 5.99. The predicted molar refractivity (Wildman–Crippen MR) is 86.8 cm³/mol. The molecule has 0 saturated carbocycles. The molecule has 1 heterocycles. The summed E-state index contributed by atoms with van der Waals surface area (Å²) in [7, 11) is 0. The lowest BCUT2D eigenvalue weighted by Gasteiger charge is -2.21. The standard InChI is InChI=1S/C15H20INO4/c1-5-20-13(18)11-9-7-6-8-10(9)12(16)17(11)14(19)21-15(2,3)4/h5-8H2,1-4H3. The minimum atomic E-state index is -0.610. The van der Waals surface area contributed by atoms with Crippen LogP contribution < -0.4 is 0 Å². The summed E-state index contributed by atoms with van der Waals surface area (Å²) in [4.78, 5) is 24.7. The number of carbonyl (C=O) groups is 2. The SMILES string of the molecule is CCOC(=O)c1c2c(c(I)n1C(=O)OC(C)(C)C)CCC2. The monoisotopic (exact) mass is 405 g/mol. The molecular formula is C15H20INO4. The quantitative estimate of drug-likeness (QED) is 0.558. The summed E-state index contributed by atoms with van der Waals surface area (Å²) < 4.78 is 12.7. The lowest BCUT2D eigenvalue weighted by Crippen LogP contribution is -2.30. The molecule has 1 aliphatic carbocycles. The molecule has 0 atom stereocenters. The molecule has 0 aromatic carbocycles. The van der Waals surface area contributed by atoms with Gasteiger partial charge in [0.2, 0.25) is 0 Å². The first-order valence-corrected chi connectivity index (χ1v) is 8.16. The zero-order valence-corrected chi connectivity index (χ0v) is 14.9. The van der Waals surface area contributed by atoms with Crippen LogP contribution in [0.1, 0.15) is 55.7 Å². The zero-order chi connectivity index (χ0) is 15.8. The fourth-order valence-corrected chi connectivity index (χ4v) is 3.53. The van der Waals surface area contributed by atoms with E-state index in [1.54, 1.807) is 27.7 Å². The van der Waals surface area contributed by atoms with Gasteiger partial charge in [0.25, 0.3) is 0 Å². The Bertz CT molecular complexity index is 583. The summed E-state index contributed by atoms with van der Waals surface area (Å²) in [6.07, 6.45) is 2.16. The molecule has 0 amide bonds. The van der Waals surface area contributed by atoms with E-state index in [-0.39, 0.29) is 6.61 Å². The number of esters is 1. The van der Waals surface area contributed by atoms with Gasteiger partial charge in [-0.2, -0.15) is 0 Å². The topological polar surface area (TPSA) is 57.5 Å². The van der Waals surface area contributed by atoms with Crippen molar-refractivity contribution in [2.45, 2.75) is 52.6 Å². The van der Waals surface area contributed by atoms with Crippen molar-refractivity contribution < 1.29 is 19.1 Å². The van der Waals surface area contributed by atoms with Crippen LogP contribution >= 0.6 is 22.6 Å². The van der Waals surface area contributed by atoms with Crippen LogP contribution in [-0.2, 0) is 22.3 Å². The maximum atomic E-state index is 12.4. The minimum absolute atomic E-state index is 0.281. The van der Waals surface area contributed by atoms with Crippen molar-refractivity contribution in [1.29, 1.82) is 0 Å². The zero-order valence-electron chi connectivity index (χ0n) is 12.8. The number of hydrogen-bond donors (Lipinski definition) is 0. The summed E-state index contributed by atoms with van der Waals surface area (Å²) in [6.45, 7) is 7.45. The summed E-state index contributed by atoms with van der Waals surface area (Å²) in [5.74, 6) is -0.454. The molecule has 116 valence electrons. The largest absolute Gasteiger partial charge is 0.461 e. The summed E-state index contributed by atoms with van der Waals surface area (Å²) >= 11 is 2.11. The van der Waals surface area contributed by atoms with Gasteiger partial charge < -0.3 is 9.47 Å². The van der Waals surface area contributed by atoms with Crippen molar-refractivity contribution >= 4 is 34.7 Å². The Morgan fingerprint density at radius 3 is 2.43 bits per heavy atom. The van der Waals surface area contributed by atoms with Crippen molar-refractivity contribution in [3.05, 3.63) is 20.5 Å². The maximum Gasteiger partial charge on any atom is 0.420 e. The molecule has 1 aliphatic rings. The third kappa shape index (κ3) is 3.25. The molecular weight excluding hydrogens is 385 g/mol. The van der Waals surface area contributed by atoms with Gasteiger partial charge in [0.15, 0.2) is 0 Å². The second-order valence-corrected chi connectivity index (χ2v) is 7.01. The van der Waals surface area contributed by atoms with Crippen LogP contribution in [0.25, 0.3) is 0 Å². The van der Waals surface area contributed by atoms with E-state index in [9.17, 15) is 9.59 Å². The average Bonchev–Trinajstić information content (AvgIpc) is 2.89. The molecule has 21 heavy (non-hydrogen) atoms. The van der Waals surface area contributed by atoms with Crippen LogP contribution in [0.4, 0.5) is 4.79 Å². The number of carbonyl (C=O) groups excluding carboxylic acids is 2. The smallest absolute Gasteiger partial charge is 0.420 e. The highest BCUT2D eigenvalue weighted by atomic mass is 127. The van der Waals surface area contributed by atoms with Crippen molar-refractivity contribution in [2.24, 2.45) is 0 Å². The van der Waals surface area contributed by atoms with Gasteiger partial charge in [-0.3, -0.25) is 0 Å². The van der Waals surface area contributed by atoms with Crippen LogP contribution in [0, 0.1) is 3.70 Å². The molecule has 0 N–H and O–H groups in total. The molecule has 6 heteroatoms. The van der Waals surface area contributed by atoms with Crippen LogP contribution in [0.15, 0.2) is 0 Å². The highest BCUT2D eigenvalue weighted by Gasteiger charge is 2.33. The Morgan fingerprint density at radius 1 is 1.24 bits per heavy atom. The average molecular weight is 405 g/mol. The molecule has 0 saturated heterocycles. The first-order chi connectivity index (χ1) is 9.76. The fraction of sp³-hybridized carbons (Fsp3) is 0.600.